The predicted octanol–water partition coefficient (Wildman–Crippen LogP) is 1.93. The van der Waals surface area contributed by atoms with E-state index in [2.05, 4.69) is 19.2 Å². The number of aliphatic carboxylic acids is 1. The largest absolute Gasteiger partial charge is 0.480 e. The van der Waals surface area contributed by atoms with E-state index in [1.54, 1.807) is 0 Å². The molecule has 1 aliphatic carbocycles. The van der Waals surface area contributed by atoms with Crippen LogP contribution in [0.3, 0.4) is 0 Å². The molecule has 4 atom stereocenters. The van der Waals surface area contributed by atoms with E-state index in [-0.39, 0.29) is 6.03 Å². The molecular weight excluding hydrogens is 244 g/mol. The van der Waals surface area contributed by atoms with Crippen LogP contribution in [0.2, 0.25) is 0 Å². The van der Waals surface area contributed by atoms with E-state index < -0.39 is 12.0 Å². The fourth-order valence-corrected chi connectivity index (χ4v) is 2.89. The minimum Gasteiger partial charge on any atom is -0.480 e. The van der Waals surface area contributed by atoms with Gasteiger partial charge in [0.25, 0.3) is 0 Å². The summed E-state index contributed by atoms with van der Waals surface area (Å²) in [5, 5.41) is 12.2. The van der Waals surface area contributed by atoms with Crippen LogP contribution >= 0.6 is 0 Å². The molecule has 2 N–H and O–H groups in total. The summed E-state index contributed by atoms with van der Waals surface area (Å²) in [5.74, 6) is 0.823. The SMILES string of the molecule is CCC1CCN(C(=O)NCC2CC2C)C(C(=O)O)C1. The standard InChI is InChI=1S/C14H24N2O3/c1-3-10-4-5-16(12(7-10)13(17)18)14(19)15-8-11-6-9(11)2/h9-12H,3-8H2,1-2H3,(H,15,19)(H,17,18). The third-order valence-corrected chi connectivity index (χ3v) is 4.63. The first-order valence-corrected chi connectivity index (χ1v) is 7.30. The average Bonchev–Trinajstić information content (AvgIpc) is 3.11. The van der Waals surface area contributed by atoms with Crippen molar-refractivity contribution >= 4 is 12.0 Å². The highest BCUT2D eigenvalue weighted by Gasteiger charge is 2.37. The van der Waals surface area contributed by atoms with Gasteiger partial charge in [-0.2, -0.15) is 0 Å². The lowest BCUT2D eigenvalue weighted by Gasteiger charge is -2.36. The van der Waals surface area contributed by atoms with Crippen molar-refractivity contribution < 1.29 is 14.7 Å². The lowest BCUT2D eigenvalue weighted by molar-refractivity contribution is -0.144. The number of carboxylic acids is 1. The topological polar surface area (TPSA) is 69.6 Å². The summed E-state index contributed by atoms with van der Waals surface area (Å²) in [5.41, 5.74) is 0. The third-order valence-electron chi connectivity index (χ3n) is 4.63. The van der Waals surface area contributed by atoms with Gasteiger partial charge in [-0.15, -0.1) is 0 Å². The lowest BCUT2D eigenvalue weighted by atomic mass is 9.89. The second-order valence-electron chi connectivity index (χ2n) is 6.01. The van der Waals surface area contributed by atoms with Crippen LogP contribution in [-0.2, 0) is 4.79 Å². The van der Waals surface area contributed by atoms with Gasteiger partial charge in [0.15, 0.2) is 0 Å². The smallest absolute Gasteiger partial charge is 0.326 e. The van der Waals surface area contributed by atoms with Crippen LogP contribution in [0.1, 0.15) is 39.5 Å². The number of carboxylic acid groups (broad SMARTS) is 1. The van der Waals surface area contributed by atoms with Crippen molar-refractivity contribution in [2.75, 3.05) is 13.1 Å². The number of amides is 2. The molecule has 19 heavy (non-hydrogen) atoms. The van der Waals surface area contributed by atoms with Gasteiger partial charge in [-0.1, -0.05) is 20.3 Å². The molecule has 0 aromatic heterocycles. The van der Waals surface area contributed by atoms with E-state index in [1.165, 1.54) is 11.3 Å². The number of nitrogens with zero attached hydrogens (tertiary/aromatic N) is 1. The monoisotopic (exact) mass is 268 g/mol. The van der Waals surface area contributed by atoms with Crippen LogP contribution in [0.5, 0.6) is 0 Å². The molecule has 0 aromatic carbocycles. The molecule has 1 aliphatic heterocycles. The molecule has 5 nitrogen and oxygen atoms in total. The summed E-state index contributed by atoms with van der Waals surface area (Å²) < 4.78 is 0. The molecular formula is C14H24N2O3. The zero-order valence-corrected chi connectivity index (χ0v) is 11.8. The van der Waals surface area contributed by atoms with Gasteiger partial charge in [0.05, 0.1) is 0 Å². The first-order chi connectivity index (χ1) is 9.02. The average molecular weight is 268 g/mol. The number of carbonyl (C=O) groups is 2. The van der Waals surface area contributed by atoms with E-state index in [1.807, 2.05) is 0 Å². The predicted molar refractivity (Wildman–Crippen MR) is 71.8 cm³/mol. The van der Waals surface area contributed by atoms with Crippen LogP contribution in [0.25, 0.3) is 0 Å². The van der Waals surface area contributed by atoms with Gasteiger partial charge >= 0.3 is 12.0 Å². The number of carbonyl (C=O) groups excluding carboxylic acids is 1. The Bertz CT molecular complexity index is 359. The van der Waals surface area contributed by atoms with Gasteiger partial charge in [-0.25, -0.2) is 9.59 Å². The minimum absolute atomic E-state index is 0.207. The number of hydrogen-bond donors (Lipinski definition) is 2. The number of hydrogen-bond acceptors (Lipinski definition) is 2. The number of likely N-dealkylation sites (tertiary alicyclic amines) is 1. The summed E-state index contributed by atoms with van der Waals surface area (Å²) in [6.07, 6.45) is 3.64. The summed E-state index contributed by atoms with van der Waals surface area (Å²) in [4.78, 5) is 24.9. The molecule has 5 heteroatoms. The quantitative estimate of drug-likeness (QED) is 0.818. The summed E-state index contributed by atoms with van der Waals surface area (Å²) >= 11 is 0. The maximum absolute atomic E-state index is 12.1. The zero-order chi connectivity index (χ0) is 14.0. The number of piperidine rings is 1. The maximum atomic E-state index is 12.1. The molecule has 1 saturated carbocycles. The summed E-state index contributed by atoms with van der Waals surface area (Å²) in [6.45, 7) is 5.49. The van der Waals surface area contributed by atoms with Crippen molar-refractivity contribution in [3.05, 3.63) is 0 Å². The van der Waals surface area contributed by atoms with E-state index in [4.69, 9.17) is 0 Å². The van der Waals surface area contributed by atoms with Gasteiger partial charge in [0, 0.05) is 13.1 Å². The number of rotatable bonds is 4. The Morgan fingerprint density at radius 2 is 2.05 bits per heavy atom. The van der Waals surface area contributed by atoms with E-state index in [0.29, 0.717) is 37.3 Å². The van der Waals surface area contributed by atoms with Crippen LogP contribution in [-0.4, -0.2) is 41.1 Å². The fraction of sp³-hybridized carbons (Fsp3) is 0.857. The van der Waals surface area contributed by atoms with Gasteiger partial charge in [-0.3, -0.25) is 0 Å². The third kappa shape index (κ3) is 3.39. The second-order valence-corrected chi connectivity index (χ2v) is 6.01. The summed E-state index contributed by atoms with van der Waals surface area (Å²) in [6, 6.07) is -0.864. The Labute approximate surface area is 114 Å². The van der Waals surface area contributed by atoms with Crippen LogP contribution in [0, 0.1) is 17.8 Å². The highest BCUT2D eigenvalue weighted by Crippen LogP contribution is 2.36. The Morgan fingerprint density at radius 1 is 1.37 bits per heavy atom. The maximum Gasteiger partial charge on any atom is 0.326 e. The number of nitrogens with one attached hydrogen (secondary N) is 1. The van der Waals surface area contributed by atoms with E-state index in [9.17, 15) is 14.7 Å². The van der Waals surface area contributed by atoms with Crippen LogP contribution in [0.15, 0.2) is 0 Å². The molecule has 1 saturated heterocycles. The van der Waals surface area contributed by atoms with Gasteiger partial charge in [0.1, 0.15) is 6.04 Å². The van der Waals surface area contributed by atoms with E-state index >= 15 is 0 Å². The Morgan fingerprint density at radius 3 is 2.58 bits per heavy atom. The molecule has 108 valence electrons. The first kappa shape index (κ1) is 14.2. The molecule has 2 fully saturated rings. The molecule has 0 bridgehead atoms. The zero-order valence-electron chi connectivity index (χ0n) is 11.8. The minimum atomic E-state index is -0.881. The van der Waals surface area contributed by atoms with Crippen molar-refractivity contribution in [2.24, 2.45) is 17.8 Å². The Balaban J connectivity index is 1.88. The van der Waals surface area contributed by atoms with Crippen LogP contribution < -0.4 is 5.32 Å². The molecule has 2 rings (SSSR count). The lowest BCUT2D eigenvalue weighted by Crippen LogP contribution is -2.53. The molecule has 2 amide bonds. The Hall–Kier alpha value is -1.26. The summed E-state index contributed by atoms with van der Waals surface area (Å²) in [7, 11) is 0. The normalized spacial score (nSPS) is 33.9. The van der Waals surface area contributed by atoms with Crippen molar-refractivity contribution in [3.63, 3.8) is 0 Å². The van der Waals surface area contributed by atoms with Crippen LogP contribution in [0.4, 0.5) is 4.79 Å². The van der Waals surface area contributed by atoms with Crippen molar-refractivity contribution in [2.45, 2.75) is 45.6 Å². The van der Waals surface area contributed by atoms with Gasteiger partial charge in [0.2, 0.25) is 0 Å². The van der Waals surface area contributed by atoms with Gasteiger partial charge in [-0.05, 0) is 37.0 Å². The van der Waals surface area contributed by atoms with Crippen molar-refractivity contribution in [1.82, 2.24) is 10.2 Å². The molecule has 2 aliphatic rings. The molecule has 0 spiro atoms. The second kappa shape index (κ2) is 5.80. The van der Waals surface area contributed by atoms with Crippen molar-refractivity contribution in [3.8, 4) is 0 Å². The highest BCUT2D eigenvalue weighted by molar-refractivity contribution is 5.82. The number of urea groups is 1. The molecule has 0 aromatic rings. The Kier molecular flexibility index (Phi) is 4.32. The van der Waals surface area contributed by atoms with Gasteiger partial charge < -0.3 is 15.3 Å². The highest BCUT2D eigenvalue weighted by atomic mass is 16.4. The fourth-order valence-electron chi connectivity index (χ4n) is 2.89. The van der Waals surface area contributed by atoms with E-state index in [0.717, 1.165) is 12.8 Å². The molecule has 4 unspecified atom stereocenters. The molecule has 1 heterocycles. The first-order valence-electron chi connectivity index (χ1n) is 7.30. The molecule has 0 radical (unpaired) electrons. The van der Waals surface area contributed by atoms with Crippen molar-refractivity contribution in [1.29, 1.82) is 0 Å².